The molecular formula is C21H34O4. The van der Waals surface area contributed by atoms with Gasteiger partial charge in [-0.1, -0.05) is 31.9 Å². The summed E-state index contributed by atoms with van der Waals surface area (Å²) < 4.78 is 5.50. The van der Waals surface area contributed by atoms with Crippen molar-refractivity contribution < 1.29 is 19.7 Å². The quantitative estimate of drug-likeness (QED) is 0.592. The molecule has 0 aromatic carbocycles. The van der Waals surface area contributed by atoms with E-state index in [2.05, 4.69) is 34.6 Å². The molecule has 3 aliphatic carbocycles. The largest absolute Gasteiger partial charge is 0.460 e. The molecule has 2 N–H and O–H groups in total. The predicted octanol–water partition coefficient (Wildman–Crippen LogP) is 3.31. The van der Waals surface area contributed by atoms with Gasteiger partial charge in [0.25, 0.3) is 0 Å². The van der Waals surface area contributed by atoms with E-state index in [1.165, 1.54) is 11.1 Å². The lowest BCUT2D eigenvalue weighted by Crippen LogP contribution is -2.38. The lowest BCUT2D eigenvalue weighted by molar-refractivity contribution is -0.157. The van der Waals surface area contributed by atoms with Crippen LogP contribution in [0.15, 0.2) is 11.1 Å². The molecule has 4 nitrogen and oxygen atoms in total. The summed E-state index contributed by atoms with van der Waals surface area (Å²) >= 11 is 0. The van der Waals surface area contributed by atoms with Crippen molar-refractivity contribution in [3.63, 3.8) is 0 Å². The average Bonchev–Trinajstić information content (AvgIpc) is 2.88. The summed E-state index contributed by atoms with van der Waals surface area (Å²) in [4.78, 5) is 12.4. The standard InChI is InChI=1S/C21H34O4/c1-10-11(2)21(8)12(3)20(10,7)15-13(17(23)18(24)16(15)21)9-14(22)25-19(4,5)6/h12-13,15-18,23-24H,9H2,1-8H3/t12-,13-,15-,16-,17-,18+,20-,21-/m0/s1. The van der Waals surface area contributed by atoms with Crippen molar-refractivity contribution in [2.24, 2.45) is 34.5 Å². The molecule has 3 aliphatic rings. The van der Waals surface area contributed by atoms with Gasteiger partial charge in [-0.2, -0.15) is 0 Å². The number of hydrogen-bond acceptors (Lipinski definition) is 4. The van der Waals surface area contributed by atoms with E-state index in [0.29, 0.717) is 5.92 Å². The van der Waals surface area contributed by atoms with Crippen LogP contribution in [0.2, 0.25) is 0 Å². The number of aliphatic hydroxyl groups is 2. The molecular weight excluding hydrogens is 316 g/mol. The topological polar surface area (TPSA) is 66.8 Å². The number of aliphatic hydroxyl groups excluding tert-OH is 2. The Morgan fingerprint density at radius 1 is 1.04 bits per heavy atom. The first kappa shape index (κ1) is 18.9. The maximum Gasteiger partial charge on any atom is 0.306 e. The molecule has 8 atom stereocenters. The Kier molecular flexibility index (Phi) is 4.03. The second-order valence-electron chi connectivity index (χ2n) is 10.0. The number of hydrogen-bond donors (Lipinski definition) is 2. The van der Waals surface area contributed by atoms with Crippen LogP contribution in [0, 0.1) is 34.5 Å². The van der Waals surface area contributed by atoms with Crippen LogP contribution in [0.1, 0.15) is 61.8 Å². The lowest BCUT2D eigenvalue weighted by Gasteiger charge is -2.40. The zero-order chi connectivity index (χ0) is 19.1. The molecule has 0 radical (unpaired) electrons. The van der Waals surface area contributed by atoms with E-state index >= 15 is 0 Å². The number of rotatable bonds is 2. The third kappa shape index (κ3) is 2.22. The van der Waals surface area contributed by atoms with Crippen LogP contribution in [0.5, 0.6) is 0 Å². The minimum atomic E-state index is -0.868. The van der Waals surface area contributed by atoms with Crippen LogP contribution >= 0.6 is 0 Å². The molecule has 2 saturated carbocycles. The molecule has 0 amide bonds. The first-order valence-electron chi connectivity index (χ1n) is 9.54. The van der Waals surface area contributed by atoms with Gasteiger partial charge in [-0.05, 0) is 57.3 Å². The molecule has 3 rings (SSSR count). The first-order chi connectivity index (χ1) is 11.3. The van der Waals surface area contributed by atoms with Gasteiger partial charge < -0.3 is 14.9 Å². The van der Waals surface area contributed by atoms with E-state index in [1.807, 2.05) is 20.8 Å². The van der Waals surface area contributed by atoms with Gasteiger partial charge >= 0.3 is 5.97 Å². The summed E-state index contributed by atoms with van der Waals surface area (Å²) in [5.74, 6) is -0.0512. The van der Waals surface area contributed by atoms with Crippen molar-refractivity contribution in [2.75, 3.05) is 0 Å². The van der Waals surface area contributed by atoms with Gasteiger partial charge in [-0.25, -0.2) is 0 Å². The molecule has 0 aliphatic heterocycles. The van der Waals surface area contributed by atoms with E-state index in [4.69, 9.17) is 4.74 Å². The fourth-order valence-electron chi connectivity index (χ4n) is 6.68. The summed E-state index contributed by atoms with van der Waals surface area (Å²) in [7, 11) is 0. The number of esters is 1. The molecule has 0 aromatic rings. The van der Waals surface area contributed by atoms with Crippen molar-refractivity contribution in [3.8, 4) is 0 Å². The maximum atomic E-state index is 12.4. The molecule has 0 saturated heterocycles. The van der Waals surface area contributed by atoms with Crippen molar-refractivity contribution in [1.82, 2.24) is 0 Å². The number of carbonyl (C=O) groups is 1. The highest BCUT2D eigenvalue weighted by atomic mass is 16.6. The van der Waals surface area contributed by atoms with Crippen molar-refractivity contribution in [2.45, 2.75) is 79.6 Å². The summed E-state index contributed by atoms with van der Waals surface area (Å²) in [5, 5.41) is 21.7. The molecule has 2 fully saturated rings. The number of fused-ring (bicyclic) bond motifs is 5. The SMILES string of the molecule is CC1=C(C)[C@]2(C)[C@H]3[C@H](CC(=O)OC(C)(C)C)[C@H](O)[C@H](O)[C@H]3[C@]1(C)[C@H]2C. The molecule has 0 unspecified atom stereocenters. The Morgan fingerprint density at radius 2 is 1.52 bits per heavy atom. The molecule has 142 valence electrons. The van der Waals surface area contributed by atoms with Gasteiger partial charge in [0.05, 0.1) is 18.6 Å². The molecule has 0 spiro atoms. The Bertz CT molecular complexity index is 630. The second-order valence-corrected chi connectivity index (χ2v) is 10.0. The van der Waals surface area contributed by atoms with E-state index in [0.717, 1.165) is 0 Å². The van der Waals surface area contributed by atoms with Crippen molar-refractivity contribution >= 4 is 5.97 Å². The molecule has 25 heavy (non-hydrogen) atoms. The number of ether oxygens (including phenoxy) is 1. The lowest BCUT2D eigenvalue weighted by atomic mass is 9.64. The van der Waals surface area contributed by atoms with Gasteiger partial charge in [-0.15, -0.1) is 0 Å². The molecule has 4 heteroatoms. The Hall–Kier alpha value is -0.870. The van der Waals surface area contributed by atoms with Gasteiger partial charge in [-0.3, -0.25) is 4.79 Å². The number of allylic oxidation sites excluding steroid dienone is 2. The van der Waals surface area contributed by atoms with Crippen LogP contribution in [0.25, 0.3) is 0 Å². The average molecular weight is 350 g/mol. The van der Waals surface area contributed by atoms with E-state index < -0.39 is 17.8 Å². The van der Waals surface area contributed by atoms with E-state index in [-0.39, 0.29) is 41.0 Å². The third-order valence-electron chi connectivity index (χ3n) is 8.19. The zero-order valence-corrected chi connectivity index (χ0v) is 16.9. The zero-order valence-electron chi connectivity index (χ0n) is 16.9. The fraction of sp³-hybridized carbons (Fsp3) is 0.857. The summed E-state index contributed by atoms with van der Waals surface area (Å²) in [5.41, 5.74) is 1.98. The molecule has 0 aromatic heterocycles. The van der Waals surface area contributed by atoms with Gasteiger partial charge in [0.2, 0.25) is 0 Å². The maximum absolute atomic E-state index is 12.4. The van der Waals surface area contributed by atoms with Gasteiger partial charge in [0.15, 0.2) is 0 Å². The summed E-state index contributed by atoms with van der Waals surface area (Å²) in [6, 6.07) is 0. The van der Waals surface area contributed by atoms with Crippen molar-refractivity contribution in [3.05, 3.63) is 11.1 Å². The Labute approximate surface area is 151 Å². The van der Waals surface area contributed by atoms with Gasteiger partial charge in [0, 0.05) is 11.8 Å². The van der Waals surface area contributed by atoms with Crippen molar-refractivity contribution in [1.29, 1.82) is 0 Å². The smallest absolute Gasteiger partial charge is 0.306 e. The third-order valence-corrected chi connectivity index (χ3v) is 8.19. The Morgan fingerprint density at radius 3 is 2.00 bits per heavy atom. The highest BCUT2D eigenvalue weighted by molar-refractivity contribution is 5.70. The van der Waals surface area contributed by atoms with Crippen LogP contribution in [0.3, 0.4) is 0 Å². The summed E-state index contributed by atoms with van der Waals surface area (Å²) in [6.07, 6.45) is -1.48. The van der Waals surface area contributed by atoms with Crippen LogP contribution in [-0.4, -0.2) is 34.0 Å². The van der Waals surface area contributed by atoms with E-state index in [1.54, 1.807) is 0 Å². The molecule has 0 heterocycles. The van der Waals surface area contributed by atoms with Crippen LogP contribution in [-0.2, 0) is 9.53 Å². The second kappa shape index (κ2) is 5.32. The van der Waals surface area contributed by atoms with Crippen LogP contribution in [0.4, 0.5) is 0 Å². The molecule has 2 bridgehead atoms. The normalized spacial score (nSPS) is 48.9. The fourth-order valence-corrected chi connectivity index (χ4v) is 6.68. The van der Waals surface area contributed by atoms with E-state index in [9.17, 15) is 15.0 Å². The number of carbonyl (C=O) groups excluding carboxylic acids is 1. The highest BCUT2D eigenvalue weighted by Gasteiger charge is 2.74. The first-order valence-corrected chi connectivity index (χ1v) is 9.54. The van der Waals surface area contributed by atoms with Crippen LogP contribution < -0.4 is 0 Å². The minimum Gasteiger partial charge on any atom is -0.460 e. The summed E-state index contributed by atoms with van der Waals surface area (Å²) in [6.45, 7) is 16.7. The Balaban J connectivity index is 1.98. The highest BCUT2D eigenvalue weighted by Crippen LogP contribution is 2.76. The monoisotopic (exact) mass is 350 g/mol. The van der Waals surface area contributed by atoms with Gasteiger partial charge in [0.1, 0.15) is 5.60 Å². The predicted molar refractivity (Wildman–Crippen MR) is 96.7 cm³/mol. The minimum absolute atomic E-state index is 0.00126.